The van der Waals surface area contributed by atoms with Gasteiger partial charge in [-0.2, -0.15) is 0 Å². The molecule has 0 amide bonds. The highest BCUT2D eigenvalue weighted by Crippen LogP contribution is 2.19. The summed E-state index contributed by atoms with van der Waals surface area (Å²) >= 11 is 0. The fraction of sp³-hybridized carbons (Fsp3) is 0.636. The van der Waals surface area contributed by atoms with Crippen LogP contribution in [0.1, 0.15) is 26.7 Å². The van der Waals surface area contributed by atoms with Crippen LogP contribution in [0.2, 0.25) is 0 Å². The molecule has 0 saturated heterocycles. The van der Waals surface area contributed by atoms with Crippen LogP contribution in [-0.4, -0.2) is 26.2 Å². The molecule has 0 aromatic rings. The molecule has 0 heterocycles. The SMILES string of the molecule is COC(=O)CC#CC(C)(C)CC(=O)OC. The van der Waals surface area contributed by atoms with E-state index in [9.17, 15) is 9.59 Å². The van der Waals surface area contributed by atoms with Gasteiger partial charge in [0.15, 0.2) is 0 Å². The fourth-order valence-corrected chi connectivity index (χ4v) is 0.905. The van der Waals surface area contributed by atoms with Crippen LogP contribution in [0.5, 0.6) is 0 Å². The van der Waals surface area contributed by atoms with Crippen molar-refractivity contribution in [3.63, 3.8) is 0 Å². The summed E-state index contributed by atoms with van der Waals surface area (Å²) in [5.74, 6) is 4.82. The van der Waals surface area contributed by atoms with E-state index in [2.05, 4.69) is 21.3 Å². The first-order valence-corrected chi connectivity index (χ1v) is 4.55. The molecule has 0 N–H and O–H groups in total. The second kappa shape index (κ2) is 6.07. The number of hydrogen-bond donors (Lipinski definition) is 0. The number of rotatable bonds is 3. The summed E-state index contributed by atoms with van der Waals surface area (Å²) in [6.45, 7) is 3.63. The number of carbonyl (C=O) groups excluding carboxylic acids is 2. The third kappa shape index (κ3) is 6.55. The maximum Gasteiger partial charge on any atom is 0.317 e. The van der Waals surface area contributed by atoms with Gasteiger partial charge in [0, 0.05) is 5.41 Å². The first-order chi connectivity index (χ1) is 6.91. The van der Waals surface area contributed by atoms with Gasteiger partial charge < -0.3 is 9.47 Å². The quantitative estimate of drug-likeness (QED) is 0.520. The first-order valence-electron chi connectivity index (χ1n) is 4.55. The molecule has 84 valence electrons. The molecule has 4 nitrogen and oxygen atoms in total. The number of ether oxygens (including phenoxy) is 2. The van der Waals surface area contributed by atoms with Crippen molar-refractivity contribution in [3.8, 4) is 11.8 Å². The van der Waals surface area contributed by atoms with Gasteiger partial charge in [0.1, 0.15) is 6.42 Å². The molecule has 4 heteroatoms. The number of esters is 2. The molecule has 0 aliphatic heterocycles. The summed E-state index contributed by atoms with van der Waals surface area (Å²) in [7, 11) is 2.64. The van der Waals surface area contributed by atoms with Crippen LogP contribution in [0.25, 0.3) is 0 Å². The van der Waals surface area contributed by atoms with E-state index < -0.39 is 5.41 Å². The Morgan fingerprint density at radius 3 is 2.13 bits per heavy atom. The zero-order chi connectivity index (χ0) is 11.9. The molecule has 0 radical (unpaired) electrons. The molecule has 0 bridgehead atoms. The van der Waals surface area contributed by atoms with Crippen LogP contribution in [0.3, 0.4) is 0 Å². The van der Waals surface area contributed by atoms with Crippen molar-refractivity contribution in [1.82, 2.24) is 0 Å². The number of methoxy groups -OCH3 is 2. The van der Waals surface area contributed by atoms with Gasteiger partial charge >= 0.3 is 11.9 Å². The van der Waals surface area contributed by atoms with E-state index in [1.165, 1.54) is 14.2 Å². The van der Waals surface area contributed by atoms with Crippen molar-refractivity contribution in [2.24, 2.45) is 5.41 Å². The Morgan fingerprint density at radius 1 is 1.13 bits per heavy atom. The topological polar surface area (TPSA) is 52.6 Å². The molecule has 0 unspecified atom stereocenters. The smallest absolute Gasteiger partial charge is 0.317 e. The summed E-state index contributed by atoms with van der Waals surface area (Å²) in [6.07, 6.45) is 0.249. The van der Waals surface area contributed by atoms with E-state index in [4.69, 9.17) is 0 Å². The molecule has 15 heavy (non-hydrogen) atoms. The first kappa shape index (κ1) is 13.5. The van der Waals surface area contributed by atoms with Crippen molar-refractivity contribution < 1.29 is 19.1 Å². The summed E-state index contributed by atoms with van der Waals surface area (Å²) in [5.41, 5.74) is -0.485. The Balaban J connectivity index is 4.23. The third-order valence-electron chi connectivity index (χ3n) is 1.70. The Hall–Kier alpha value is -1.50. The van der Waals surface area contributed by atoms with E-state index in [-0.39, 0.29) is 24.8 Å². The van der Waals surface area contributed by atoms with Crippen molar-refractivity contribution >= 4 is 11.9 Å². The lowest BCUT2D eigenvalue weighted by atomic mass is 9.90. The minimum atomic E-state index is -0.485. The summed E-state index contributed by atoms with van der Waals surface area (Å²) in [5, 5.41) is 0. The normalized spacial score (nSPS) is 9.87. The van der Waals surface area contributed by atoms with Gasteiger partial charge in [-0.3, -0.25) is 9.59 Å². The van der Waals surface area contributed by atoms with Gasteiger partial charge in [-0.15, -0.1) is 0 Å². The van der Waals surface area contributed by atoms with Gasteiger partial charge in [-0.25, -0.2) is 0 Å². The average molecular weight is 212 g/mol. The molecule has 0 spiro atoms. The number of hydrogen-bond acceptors (Lipinski definition) is 4. The van der Waals surface area contributed by atoms with Crippen LogP contribution < -0.4 is 0 Å². The highest BCUT2D eigenvalue weighted by atomic mass is 16.5. The van der Waals surface area contributed by atoms with Gasteiger partial charge in [-0.05, 0) is 13.8 Å². The van der Waals surface area contributed by atoms with E-state index in [1.54, 1.807) is 0 Å². The highest BCUT2D eigenvalue weighted by Gasteiger charge is 2.19. The predicted molar refractivity (Wildman–Crippen MR) is 54.8 cm³/mol. The summed E-state index contributed by atoms with van der Waals surface area (Å²) < 4.78 is 8.97. The van der Waals surface area contributed by atoms with Gasteiger partial charge in [0.05, 0.1) is 20.6 Å². The lowest BCUT2D eigenvalue weighted by Gasteiger charge is -2.14. The van der Waals surface area contributed by atoms with Crippen LogP contribution in [-0.2, 0) is 19.1 Å². The Kier molecular flexibility index (Phi) is 5.46. The largest absolute Gasteiger partial charge is 0.469 e. The van der Waals surface area contributed by atoms with Crippen LogP contribution in [0.15, 0.2) is 0 Å². The van der Waals surface area contributed by atoms with E-state index in [1.807, 2.05) is 13.8 Å². The lowest BCUT2D eigenvalue weighted by molar-refractivity contribution is -0.142. The molecular formula is C11H16O4. The monoisotopic (exact) mass is 212 g/mol. The maximum absolute atomic E-state index is 11.0. The van der Waals surface area contributed by atoms with Gasteiger partial charge in [0.25, 0.3) is 0 Å². The molecule has 0 aliphatic rings. The summed E-state index contributed by atoms with van der Waals surface area (Å²) in [6, 6.07) is 0. The van der Waals surface area contributed by atoms with Crippen molar-refractivity contribution in [2.75, 3.05) is 14.2 Å². The average Bonchev–Trinajstić information content (AvgIpc) is 2.16. The van der Waals surface area contributed by atoms with E-state index >= 15 is 0 Å². The maximum atomic E-state index is 11.0. The third-order valence-corrected chi connectivity index (χ3v) is 1.70. The lowest BCUT2D eigenvalue weighted by Crippen LogP contribution is -2.16. The molecule has 0 fully saturated rings. The highest BCUT2D eigenvalue weighted by molar-refractivity contribution is 5.72. The minimum absolute atomic E-state index is 0.0428. The predicted octanol–water partition coefficient (Wildman–Crippen LogP) is 1.14. The van der Waals surface area contributed by atoms with Crippen LogP contribution in [0, 0.1) is 17.3 Å². The molecule has 0 aromatic heterocycles. The van der Waals surface area contributed by atoms with Gasteiger partial charge in [-0.1, -0.05) is 11.8 Å². The number of carbonyl (C=O) groups is 2. The molecular weight excluding hydrogens is 196 g/mol. The van der Waals surface area contributed by atoms with Crippen LogP contribution >= 0.6 is 0 Å². The Bertz CT molecular complexity index is 293. The minimum Gasteiger partial charge on any atom is -0.469 e. The fourth-order valence-electron chi connectivity index (χ4n) is 0.905. The van der Waals surface area contributed by atoms with Crippen molar-refractivity contribution in [1.29, 1.82) is 0 Å². The molecule has 0 atom stereocenters. The van der Waals surface area contributed by atoms with E-state index in [0.29, 0.717) is 0 Å². The molecule has 0 aromatic carbocycles. The molecule has 0 rings (SSSR count). The second-order valence-electron chi connectivity index (χ2n) is 3.69. The Labute approximate surface area is 89.9 Å². The Morgan fingerprint density at radius 2 is 1.67 bits per heavy atom. The standard InChI is InChI=1S/C11H16O4/c1-11(2,8-10(13)15-4)7-5-6-9(12)14-3/h6,8H2,1-4H3. The van der Waals surface area contributed by atoms with Crippen LogP contribution in [0.4, 0.5) is 0 Å². The molecule has 0 aliphatic carbocycles. The zero-order valence-corrected chi connectivity index (χ0v) is 9.55. The second-order valence-corrected chi connectivity index (χ2v) is 3.69. The van der Waals surface area contributed by atoms with E-state index in [0.717, 1.165) is 0 Å². The van der Waals surface area contributed by atoms with Crippen molar-refractivity contribution in [2.45, 2.75) is 26.7 Å². The zero-order valence-electron chi connectivity index (χ0n) is 9.55. The van der Waals surface area contributed by atoms with Gasteiger partial charge in [0.2, 0.25) is 0 Å². The molecule has 0 saturated carbocycles. The summed E-state index contributed by atoms with van der Waals surface area (Å²) in [4.78, 5) is 21.8. The van der Waals surface area contributed by atoms with Crippen molar-refractivity contribution in [3.05, 3.63) is 0 Å².